The molecule has 0 aliphatic heterocycles. The Kier molecular flexibility index (Phi) is 16.8. The maximum absolute atomic E-state index is 11.9. The Morgan fingerprint density at radius 1 is 0.419 bits per heavy atom. The van der Waals surface area contributed by atoms with Gasteiger partial charge in [-0.1, -0.05) is 119 Å². The first kappa shape index (κ1) is 46.0. The Morgan fingerprint density at radius 2 is 0.694 bits per heavy atom. The maximum Gasteiger partial charge on any atom is -0.0134 e. The van der Waals surface area contributed by atoms with Crippen molar-refractivity contribution in [1.82, 2.24) is 0 Å². The van der Waals surface area contributed by atoms with E-state index in [1.54, 1.807) is 12.1 Å². The molecule has 0 amide bonds. The van der Waals surface area contributed by atoms with Crippen molar-refractivity contribution in [1.29, 1.82) is 0 Å². The summed E-state index contributed by atoms with van der Waals surface area (Å²) in [6.07, 6.45) is 0.783. The molecule has 4 nitrogen and oxygen atoms in total. The van der Waals surface area contributed by atoms with E-state index in [1.807, 2.05) is 36.4 Å². The van der Waals surface area contributed by atoms with E-state index in [2.05, 4.69) is 218 Å². The Hall–Kier alpha value is -5.48. The standard InChI is InChI=1S/C27H24BrO2P.C18H15P.C9H9BrO2/c1-30-27(29)23-19-17-22(18-20-23)21-31(28,24-11-5-2-6-12-24,25-13-7-3-8-14-25)26-15-9-4-10-16-26;1-4-10-16(11-5-1)19(17-12-6-2-7-13-17)18-14-8-3-9-15-18;1-12-9(11)8-4-2-7(6-10)3-5-8/h2-20H,21H2,1H3;1-15H;2-5H,6H2,1H3. The van der Waals surface area contributed by atoms with Crippen LogP contribution in [0.5, 0.6) is 0 Å². The smallest absolute Gasteiger partial charge is 0.0134 e. The predicted molar refractivity (Wildman–Crippen MR) is 271 cm³/mol. The molecule has 8 heteroatoms. The predicted octanol–water partition coefficient (Wildman–Crippen LogP) is 11.6. The summed E-state index contributed by atoms with van der Waals surface area (Å²) in [5.41, 5.74) is 3.43. The summed E-state index contributed by atoms with van der Waals surface area (Å²) in [6, 6.07) is 79.4. The Balaban J connectivity index is 0.000000175. The number of methoxy groups -OCH3 is 2. The largest absolute Gasteiger partial charge is 0.0622 e. The summed E-state index contributed by atoms with van der Waals surface area (Å²) in [5.74, 6) is -0.617. The molecule has 0 saturated carbocycles. The first-order valence-electron chi connectivity index (χ1n) is 20.0. The second-order valence-corrected chi connectivity index (χ2v) is 25.9. The van der Waals surface area contributed by atoms with Gasteiger partial charge in [0.2, 0.25) is 0 Å². The van der Waals surface area contributed by atoms with Gasteiger partial charge in [0.15, 0.2) is 0 Å². The molecule has 0 aromatic heterocycles. The third kappa shape index (κ3) is 11.1. The van der Waals surface area contributed by atoms with Crippen molar-refractivity contribution in [2.24, 2.45) is 0 Å². The molecule has 8 aromatic carbocycles. The maximum atomic E-state index is 11.9. The quantitative estimate of drug-likeness (QED) is 0.0736. The molecule has 0 N–H and O–H groups in total. The van der Waals surface area contributed by atoms with Crippen LogP contribution in [0.25, 0.3) is 0 Å². The Labute approximate surface area is 383 Å². The van der Waals surface area contributed by atoms with Crippen LogP contribution < -0.4 is 31.8 Å². The summed E-state index contributed by atoms with van der Waals surface area (Å²) in [5, 5.41) is 5.76. The van der Waals surface area contributed by atoms with Crippen LogP contribution in [0, 0.1) is 0 Å². The van der Waals surface area contributed by atoms with Crippen molar-refractivity contribution < 1.29 is 19.1 Å². The number of hydrogen-bond acceptors (Lipinski definition) is 4. The molecule has 0 aliphatic rings. The number of halogens is 2. The second-order valence-electron chi connectivity index (χ2n) is 14.2. The summed E-state index contributed by atoms with van der Waals surface area (Å²) in [7, 11) is 2.33. The van der Waals surface area contributed by atoms with E-state index in [0.29, 0.717) is 11.1 Å². The number of benzene rings is 8. The minimum absolute atomic E-state index is 0.295. The zero-order chi connectivity index (χ0) is 43.7. The normalized spacial score (nSPS) is 11.3. The molecular weight excluding hydrogens is 934 g/mol. The fourth-order valence-electron chi connectivity index (χ4n) is 7.17. The van der Waals surface area contributed by atoms with Crippen LogP contribution in [0.15, 0.2) is 231 Å². The summed E-state index contributed by atoms with van der Waals surface area (Å²) in [4.78, 5) is 22.9. The molecular formula is C54H48Br2O4P2. The molecule has 8 aromatic rings. The molecule has 62 heavy (non-hydrogen) atoms. The number of rotatable bonds is 11. The van der Waals surface area contributed by atoms with Gasteiger partial charge in [-0.25, -0.2) is 4.79 Å². The molecule has 0 unspecified atom stereocenters. The van der Waals surface area contributed by atoms with Gasteiger partial charge in [-0.3, -0.25) is 0 Å². The molecule has 0 fully saturated rings. The van der Waals surface area contributed by atoms with E-state index in [9.17, 15) is 9.59 Å². The molecule has 0 heterocycles. The van der Waals surface area contributed by atoms with Crippen molar-refractivity contribution in [3.8, 4) is 0 Å². The number of hydrogen-bond donors (Lipinski definition) is 0. The van der Waals surface area contributed by atoms with E-state index in [-0.39, 0.29) is 11.9 Å². The van der Waals surface area contributed by atoms with E-state index in [0.717, 1.165) is 22.6 Å². The molecule has 0 atom stereocenters. The number of ether oxygens (including phenoxy) is 2. The van der Waals surface area contributed by atoms with Gasteiger partial charge in [0.25, 0.3) is 0 Å². The van der Waals surface area contributed by atoms with Crippen LogP contribution >= 0.6 is 44.6 Å². The van der Waals surface area contributed by atoms with Crippen LogP contribution in [0.4, 0.5) is 0 Å². The van der Waals surface area contributed by atoms with Crippen molar-refractivity contribution in [2.75, 3.05) is 14.2 Å². The van der Waals surface area contributed by atoms with E-state index >= 15 is 0 Å². The minimum atomic E-state index is -3.04. The fourth-order valence-corrected chi connectivity index (χ4v) is 17.6. The van der Waals surface area contributed by atoms with E-state index in [4.69, 9.17) is 4.74 Å². The van der Waals surface area contributed by atoms with Gasteiger partial charge in [-0.15, -0.1) is 0 Å². The Bertz CT molecular complexity index is 2390. The molecule has 0 bridgehead atoms. The summed E-state index contributed by atoms with van der Waals surface area (Å²) < 4.78 is 9.42. The second kappa shape index (κ2) is 22.6. The van der Waals surface area contributed by atoms with Crippen molar-refractivity contribution >= 4 is 88.4 Å². The number of carbonyl (C=O) groups is 2. The van der Waals surface area contributed by atoms with E-state index < -0.39 is 13.2 Å². The Morgan fingerprint density at radius 3 is 0.968 bits per heavy atom. The van der Waals surface area contributed by atoms with Gasteiger partial charge in [-0.05, 0) is 41.5 Å². The molecule has 312 valence electrons. The number of esters is 2. The molecule has 8 rings (SSSR count). The number of alkyl halides is 1. The average molecular weight is 983 g/mol. The average Bonchev–Trinajstić information content (AvgIpc) is 3.36. The first-order valence-corrected chi connectivity index (χ1v) is 26.9. The van der Waals surface area contributed by atoms with Gasteiger partial charge in [0, 0.05) is 5.33 Å². The van der Waals surface area contributed by atoms with Crippen LogP contribution in [0.3, 0.4) is 0 Å². The third-order valence-corrected chi connectivity index (χ3v) is 22.9. The molecule has 0 saturated heterocycles. The van der Waals surface area contributed by atoms with Gasteiger partial charge in [0.05, 0.1) is 12.7 Å². The van der Waals surface area contributed by atoms with Crippen molar-refractivity contribution in [2.45, 2.75) is 11.5 Å². The van der Waals surface area contributed by atoms with Crippen molar-refractivity contribution in [3.63, 3.8) is 0 Å². The zero-order valence-electron chi connectivity index (χ0n) is 34.6. The molecule has 0 spiro atoms. The molecule has 0 aliphatic carbocycles. The van der Waals surface area contributed by atoms with Gasteiger partial charge in [0.1, 0.15) is 0 Å². The minimum Gasteiger partial charge on any atom is -0.0622 e. The fraction of sp³-hybridized carbons (Fsp3) is 0.0741. The van der Waals surface area contributed by atoms with Gasteiger partial charge >= 0.3 is 198 Å². The van der Waals surface area contributed by atoms with Crippen LogP contribution in [-0.2, 0) is 21.0 Å². The topological polar surface area (TPSA) is 52.6 Å². The summed E-state index contributed by atoms with van der Waals surface area (Å²) in [6.45, 7) is 0. The van der Waals surface area contributed by atoms with Crippen LogP contribution in [0.2, 0.25) is 0 Å². The van der Waals surface area contributed by atoms with Crippen LogP contribution in [-0.4, -0.2) is 26.2 Å². The molecule has 0 radical (unpaired) electrons. The SMILES string of the molecule is COC(=O)c1ccc(CBr)cc1.COC(=O)c1ccc(CP(Br)(c2ccccc2)(c2ccccc2)c2ccccc2)cc1.c1ccc(P(c2ccccc2)c2ccccc2)cc1. The van der Waals surface area contributed by atoms with Crippen molar-refractivity contribution in [3.05, 3.63) is 253 Å². The van der Waals surface area contributed by atoms with Gasteiger partial charge in [-0.2, -0.15) is 0 Å². The first-order chi connectivity index (χ1) is 30.3. The van der Waals surface area contributed by atoms with E-state index in [1.165, 1.54) is 46.0 Å². The zero-order valence-corrected chi connectivity index (χ0v) is 39.6. The monoisotopic (exact) mass is 980 g/mol. The number of carbonyl (C=O) groups excluding carboxylic acids is 2. The van der Waals surface area contributed by atoms with Gasteiger partial charge < -0.3 is 4.74 Å². The summed E-state index contributed by atoms with van der Waals surface area (Å²) >= 11 is 7.77. The van der Waals surface area contributed by atoms with Crippen LogP contribution in [0.1, 0.15) is 31.8 Å². The third-order valence-electron chi connectivity index (χ3n) is 10.3.